The molecule has 1 rings (SSSR count). The molecule has 1 fully saturated rings. The van der Waals surface area contributed by atoms with Gasteiger partial charge in [0, 0.05) is 5.92 Å². The number of carbonyl (C=O) groups is 2. The molecule has 1 saturated carbocycles. The third-order valence-corrected chi connectivity index (χ3v) is 3.87. The van der Waals surface area contributed by atoms with E-state index in [4.69, 9.17) is 9.47 Å². The smallest absolute Gasteiger partial charge is 0.324 e. The van der Waals surface area contributed by atoms with Crippen molar-refractivity contribution in [1.29, 1.82) is 0 Å². The summed E-state index contributed by atoms with van der Waals surface area (Å²) in [7, 11) is 2.50. The van der Waals surface area contributed by atoms with Gasteiger partial charge in [-0.1, -0.05) is 31.2 Å². The van der Waals surface area contributed by atoms with Gasteiger partial charge in [0.2, 0.25) is 0 Å². The van der Waals surface area contributed by atoms with Crippen LogP contribution in [0.1, 0.15) is 20.3 Å². The lowest BCUT2D eigenvalue weighted by Crippen LogP contribution is -2.31. The molecule has 3 unspecified atom stereocenters. The second-order valence-electron chi connectivity index (χ2n) is 4.92. The van der Waals surface area contributed by atoms with Gasteiger partial charge in [-0.15, -0.1) is 0 Å². The molecule has 0 amide bonds. The Balaban J connectivity index is 2.84. The van der Waals surface area contributed by atoms with Gasteiger partial charge in [0.05, 0.1) is 20.3 Å². The van der Waals surface area contributed by atoms with Crippen LogP contribution >= 0.6 is 0 Å². The Labute approximate surface area is 119 Å². The van der Waals surface area contributed by atoms with Gasteiger partial charge >= 0.3 is 11.9 Å². The Morgan fingerprint density at radius 2 is 1.85 bits per heavy atom. The van der Waals surface area contributed by atoms with Gasteiger partial charge in [-0.2, -0.15) is 0 Å². The second-order valence-corrected chi connectivity index (χ2v) is 4.92. The first-order valence-electron chi connectivity index (χ1n) is 6.61. The third-order valence-electron chi connectivity index (χ3n) is 3.87. The molecule has 1 aliphatic carbocycles. The first-order valence-corrected chi connectivity index (χ1v) is 6.61. The van der Waals surface area contributed by atoms with Crippen molar-refractivity contribution in [2.24, 2.45) is 17.3 Å². The summed E-state index contributed by atoms with van der Waals surface area (Å²) in [5.74, 6) is -1.68. The van der Waals surface area contributed by atoms with Crippen molar-refractivity contribution in [3.05, 3.63) is 24.3 Å². The van der Waals surface area contributed by atoms with Gasteiger partial charge < -0.3 is 14.6 Å². The summed E-state index contributed by atoms with van der Waals surface area (Å²) >= 11 is 0. The Bertz CT molecular complexity index is 408. The van der Waals surface area contributed by atoms with E-state index in [9.17, 15) is 14.7 Å². The zero-order chi connectivity index (χ0) is 15.3. The number of ether oxygens (including phenoxy) is 2. The Morgan fingerprint density at radius 1 is 1.30 bits per heavy atom. The number of esters is 2. The minimum Gasteiger partial charge on any atom is -0.468 e. The monoisotopic (exact) mass is 282 g/mol. The van der Waals surface area contributed by atoms with Crippen LogP contribution in [0.2, 0.25) is 0 Å². The number of rotatable bonds is 6. The van der Waals surface area contributed by atoms with Crippen LogP contribution in [0.5, 0.6) is 0 Å². The van der Waals surface area contributed by atoms with Crippen molar-refractivity contribution in [3.8, 4) is 0 Å². The first kappa shape index (κ1) is 16.4. The fourth-order valence-corrected chi connectivity index (χ4v) is 2.58. The minimum absolute atomic E-state index is 0.201. The molecule has 5 heteroatoms. The van der Waals surface area contributed by atoms with Gasteiger partial charge in [0.25, 0.3) is 0 Å². The number of hydrogen-bond acceptors (Lipinski definition) is 5. The Morgan fingerprint density at radius 3 is 2.30 bits per heavy atom. The molecule has 112 valence electrons. The molecule has 0 aromatic rings. The highest BCUT2D eigenvalue weighted by Gasteiger charge is 2.73. The predicted molar refractivity (Wildman–Crippen MR) is 73.7 cm³/mol. The van der Waals surface area contributed by atoms with E-state index in [0.717, 1.165) is 0 Å². The van der Waals surface area contributed by atoms with Crippen LogP contribution < -0.4 is 0 Å². The van der Waals surface area contributed by atoms with E-state index >= 15 is 0 Å². The average Bonchev–Trinajstić information content (AvgIpc) is 3.06. The largest absolute Gasteiger partial charge is 0.468 e. The van der Waals surface area contributed by atoms with Crippen LogP contribution in [-0.4, -0.2) is 37.4 Å². The van der Waals surface area contributed by atoms with E-state index < -0.39 is 23.5 Å². The molecule has 0 aromatic heterocycles. The summed E-state index contributed by atoms with van der Waals surface area (Å²) in [6.45, 7) is 3.67. The van der Waals surface area contributed by atoms with E-state index in [1.165, 1.54) is 14.2 Å². The maximum Gasteiger partial charge on any atom is 0.324 e. The maximum atomic E-state index is 11.9. The fraction of sp³-hybridized carbons (Fsp3) is 0.600. The molecular weight excluding hydrogens is 260 g/mol. The number of hydrogen-bond donors (Lipinski definition) is 1. The quantitative estimate of drug-likeness (QED) is 0.454. The topological polar surface area (TPSA) is 72.8 Å². The van der Waals surface area contributed by atoms with Crippen LogP contribution in [0.25, 0.3) is 0 Å². The van der Waals surface area contributed by atoms with Crippen molar-refractivity contribution in [1.82, 2.24) is 0 Å². The minimum atomic E-state index is -1.26. The zero-order valence-electron chi connectivity index (χ0n) is 12.3. The summed E-state index contributed by atoms with van der Waals surface area (Å²) in [6.07, 6.45) is 6.87. The van der Waals surface area contributed by atoms with Crippen LogP contribution in [0.15, 0.2) is 24.3 Å². The van der Waals surface area contributed by atoms with Crippen LogP contribution in [0.4, 0.5) is 0 Å². The molecule has 5 nitrogen and oxygen atoms in total. The zero-order valence-corrected chi connectivity index (χ0v) is 12.3. The summed E-state index contributed by atoms with van der Waals surface area (Å²) in [5, 5.41) is 9.73. The second kappa shape index (κ2) is 6.70. The third kappa shape index (κ3) is 2.77. The van der Waals surface area contributed by atoms with E-state index in [1.54, 1.807) is 19.1 Å². The standard InChI is InChI=1S/C15H22O5/c1-5-6-7-11(16)8-9-12-10(2)15(12,13(17)19-3)14(18)20-4/h5-6,8-12,16H,7H2,1-4H3. The predicted octanol–water partition coefficient (Wildman–Crippen LogP) is 1.47. The van der Waals surface area contributed by atoms with Gasteiger partial charge in [-0.25, -0.2) is 0 Å². The van der Waals surface area contributed by atoms with Crippen LogP contribution in [-0.2, 0) is 19.1 Å². The normalized spacial score (nSPS) is 25.6. The summed E-state index contributed by atoms with van der Waals surface area (Å²) in [4.78, 5) is 23.8. The van der Waals surface area contributed by atoms with Gasteiger partial charge in [-0.05, 0) is 19.3 Å². The van der Waals surface area contributed by atoms with Crippen molar-refractivity contribution in [2.45, 2.75) is 26.4 Å². The lowest BCUT2D eigenvalue weighted by Gasteiger charge is -2.11. The number of aliphatic hydroxyl groups is 1. The van der Waals surface area contributed by atoms with E-state index in [1.807, 2.05) is 19.1 Å². The molecule has 0 aromatic carbocycles. The fourth-order valence-electron chi connectivity index (χ4n) is 2.58. The van der Waals surface area contributed by atoms with Crippen molar-refractivity contribution in [3.63, 3.8) is 0 Å². The SMILES string of the molecule is CC=CCC(O)C=CC1C(C)C1(C(=O)OC)C(=O)OC. The lowest BCUT2D eigenvalue weighted by atomic mass is 10.0. The number of methoxy groups -OCH3 is 2. The van der Waals surface area contributed by atoms with E-state index in [-0.39, 0.29) is 11.8 Å². The van der Waals surface area contributed by atoms with E-state index in [2.05, 4.69) is 0 Å². The molecular formula is C15H22O5. The number of carbonyl (C=O) groups excluding carboxylic acids is 2. The summed E-state index contributed by atoms with van der Waals surface area (Å²) in [6, 6.07) is 0. The van der Waals surface area contributed by atoms with Crippen molar-refractivity contribution in [2.75, 3.05) is 14.2 Å². The maximum absolute atomic E-state index is 11.9. The molecule has 0 bridgehead atoms. The van der Waals surface area contributed by atoms with Crippen LogP contribution in [0.3, 0.4) is 0 Å². The molecule has 3 atom stereocenters. The molecule has 1 aliphatic rings. The van der Waals surface area contributed by atoms with Gasteiger partial charge in [0.1, 0.15) is 0 Å². The Hall–Kier alpha value is -1.62. The van der Waals surface area contributed by atoms with Gasteiger partial charge in [-0.3, -0.25) is 9.59 Å². The lowest BCUT2D eigenvalue weighted by molar-refractivity contribution is -0.162. The number of allylic oxidation sites excluding steroid dienone is 2. The first-order chi connectivity index (χ1) is 9.46. The molecule has 0 saturated heterocycles. The molecule has 0 aliphatic heterocycles. The van der Waals surface area contributed by atoms with Gasteiger partial charge in [0.15, 0.2) is 5.41 Å². The van der Waals surface area contributed by atoms with Crippen molar-refractivity contribution < 1.29 is 24.2 Å². The molecule has 0 heterocycles. The molecule has 20 heavy (non-hydrogen) atoms. The van der Waals surface area contributed by atoms with Crippen molar-refractivity contribution >= 4 is 11.9 Å². The highest BCUT2D eigenvalue weighted by molar-refractivity contribution is 6.04. The number of aliphatic hydroxyl groups excluding tert-OH is 1. The molecule has 1 N–H and O–H groups in total. The summed E-state index contributed by atoms with van der Waals surface area (Å²) < 4.78 is 9.45. The van der Waals surface area contributed by atoms with Crippen LogP contribution in [0, 0.1) is 17.3 Å². The molecule has 0 radical (unpaired) electrons. The highest BCUT2D eigenvalue weighted by atomic mass is 16.5. The molecule has 0 spiro atoms. The Kier molecular flexibility index (Phi) is 5.51. The average molecular weight is 282 g/mol. The van der Waals surface area contributed by atoms with E-state index in [0.29, 0.717) is 6.42 Å². The highest BCUT2D eigenvalue weighted by Crippen LogP contribution is 2.60. The summed E-state index contributed by atoms with van der Waals surface area (Å²) in [5.41, 5.74) is -1.26.